The summed E-state index contributed by atoms with van der Waals surface area (Å²) >= 11 is 13.1. The topological polar surface area (TPSA) is 61.4 Å². The van der Waals surface area contributed by atoms with Crippen LogP contribution in [0, 0.1) is 25.6 Å². The van der Waals surface area contributed by atoms with Crippen molar-refractivity contribution in [2.45, 2.75) is 64.5 Å². The lowest BCUT2D eigenvalue weighted by molar-refractivity contribution is -0.123. The van der Waals surface area contributed by atoms with E-state index in [-0.39, 0.29) is 11.5 Å². The third kappa shape index (κ3) is 5.98. The molecule has 2 aliphatic rings. The normalized spacial score (nSPS) is 19.5. The number of hydrogen-bond donors (Lipinski definition) is 2. The highest BCUT2D eigenvalue weighted by atomic mass is 35.5. The number of rotatable bonds is 6. The Balaban J connectivity index is 1.50. The predicted molar refractivity (Wildman–Crippen MR) is 160 cm³/mol. The molecule has 1 heterocycles. The fourth-order valence-electron chi connectivity index (χ4n) is 5.98. The van der Waals surface area contributed by atoms with Gasteiger partial charge in [0.05, 0.1) is 28.2 Å². The summed E-state index contributed by atoms with van der Waals surface area (Å²) in [6, 6.07) is 15.4. The van der Waals surface area contributed by atoms with Crippen LogP contribution in [0.3, 0.4) is 0 Å². The van der Waals surface area contributed by atoms with E-state index in [9.17, 15) is 14.0 Å². The summed E-state index contributed by atoms with van der Waals surface area (Å²) in [5.74, 6) is -1.80. The van der Waals surface area contributed by atoms with Crippen molar-refractivity contribution in [3.63, 3.8) is 0 Å². The fourth-order valence-corrected chi connectivity index (χ4v) is 6.41. The van der Waals surface area contributed by atoms with Gasteiger partial charge in [0.25, 0.3) is 5.91 Å². The molecule has 2 N–H and O–H groups in total. The van der Waals surface area contributed by atoms with Crippen molar-refractivity contribution in [1.82, 2.24) is 4.90 Å². The Kier molecular flexibility index (Phi) is 8.67. The molecule has 210 valence electrons. The number of hydrogen-bond acceptors (Lipinski definition) is 3. The average Bonchev–Trinajstić information content (AvgIpc) is 3.44. The van der Waals surface area contributed by atoms with Gasteiger partial charge in [-0.2, -0.15) is 0 Å². The van der Waals surface area contributed by atoms with E-state index in [1.807, 2.05) is 37.3 Å². The number of carbonyl (C=O) groups excluding carboxylic acids is 2. The second-order valence-corrected chi connectivity index (χ2v) is 11.8. The molecule has 2 atom stereocenters. The monoisotopic (exact) mass is 581 g/mol. The van der Waals surface area contributed by atoms with Crippen LogP contribution in [-0.2, 0) is 4.79 Å². The Morgan fingerprint density at radius 3 is 2.38 bits per heavy atom. The first-order chi connectivity index (χ1) is 19.2. The van der Waals surface area contributed by atoms with Crippen molar-refractivity contribution < 1.29 is 14.0 Å². The molecule has 40 heavy (non-hydrogen) atoms. The zero-order valence-electron chi connectivity index (χ0n) is 22.8. The minimum absolute atomic E-state index is 0.0319. The van der Waals surface area contributed by atoms with E-state index in [1.54, 1.807) is 30.0 Å². The number of piperidine rings is 1. The molecule has 0 aromatic heterocycles. The third-order valence-electron chi connectivity index (χ3n) is 8.15. The first kappa shape index (κ1) is 28.4. The van der Waals surface area contributed by atoms with E-state index < -0.39 is 23.7 Å². The van der Waals surface area contributed by atoms with E-state index >= 15 is 0 Å². The van der Waals surface area contributed by atoms with Crippen molar-refractivity contribution >= 4 is 46.4 Å². The lowest BCUT2D eigenvalue weighted by Gasteiger charge is -2.41. The van der Waals surface area contributed by atoms with Crippen LogP contribution in [0.2, 0.25) is 10.0 Å². The van der Waals surface area contributed by atoms with Crippen LogP contribution in [0.4, 0.5) is 15.8 Å². The Hall–Kier alpha value is -3.09. The fraction of sp³-hybridized carbons (Fsp3) is 0.375. The van der Waals surface area contributed by atoms with Gasteiger partial charge in [0.1, 0.15) is 5.82 Å². The third-order valence-corrected chi connectivity index (χ3v) is 8.87. The summed E-state index contributed by atoms with van der Waals surface area (Å²) in [7, 11) is 0. The minimum Gasteiger partial charge on any atom is -0.381 e. The van der Waals surface area contributed by atoms with Crippen molar-refractivity contribution in [2.75, 3.05) is 17.2 Å². The molecule has 8 heteroatoms. The standard InChI is InChI=1S/C32H34Cl2FN3O2/c1-19-12-14-23(18-25(19)33)37-31(39)24-10-6-16-38(32(40)29-20(2)7-5-11-27(29)35)30(24)21-13-15-28(26(34)17-21)36-22-8-3-4-9-22/h5,7,11-15,17-18,22,24,30,36H,3-4,6,8-10,16H2,1-2H3,(H,37,39)/t24-,30-/m0/s1. The first-order valence-corrected chi connectivity index (χ1v) is 14.7. The molecular formula is C32H34Cl2FN3O2. The summed E-state index contributed by atoms with van der Waals surface area (Å²) in [4.78, 5) is 29.3. The molecule has 1 aliphatic heterocycles. The zero-order valence-corrected chi connectivity index (χ0v) is 24.3. The van der Waals surface area contributed by atoms with Gasteiger partial charge in [-0.05, 0) is 86.6 Å². The quantitative estimate of drug-likeness (QED) is 0.307. The van der Waals surface area contributed by atoms with Crippen molar-refractivity contribution in [3.05, 3.63) is 92.7 Å². The molecule has 0 unspecified atom stereocenters. The summed E-state index contributed by atoms with van der Waals surface area (Å²) in [6.45, 7) is 4.02. The molecule has 0 bridgehead atoms. The van der Waals surface area contributed by atoms with E-state index in [4.69, 9.17) is 23.2 Å². The highest BCUT2D eigenvalue weighted by Gasteiger charge is 2.41. The van der Waals surface area contributed by atoms with Crippen LogP contribution < -0.4 is 10.6 Å². The maximum Gasteiger partial charge on any atom is 0.257 e. The minimum atomic E-state index is -0.626. The van der Waals surface area contributed by atoms with Crippen LogP contribution in [0.25, 0.3) is 0 Å². The molecule has 1 saturated carbocycles. The summed E-state index contributed by atoms with van der Waals surface area (Å²) in [5.41, 5.74) is 3.66. The van der Waals surface area contributed by atoms with Crippen molar-refractivity contribution in [3.8, 4) is 0 Å². The van der Waals surface area contributed by atoms with Gasteiger partial charge in [-0.3, -0.25) is 9.59 Å². The highest BCUT2D eigenvalue weighted by Crippen LogP contribution is 2.41. The number of nitrogens with one attached hydrogen (secondary N) is 2. The molecule has 5 nitrogen and oxygen atoms in total. The number of benzene rings is 3. The van der Waals surface area contributed by atoms with Crippen LogP contribution in [0.5, 0.6) is 0 Å². The molecule has 3 aromatic rings. The lowest BCUT2D eigenvalue weighted by atomic mass is 9.83. The highest BCUT2D eigenvalue weighted by molar-refractivity contribution is 6.33. The average molecular weight is 583 g/mol. The molecule has 2 fully saturated rings. The summed E-state index contributed by atoms with van der Waals surface area (Å²) in [5, 5.41) is 7.62. The Bertz CT molecular complexity index is 1400. The number of aryl methyl sites for hydroxylation is 2. The maximum atomic E-state index is 14.9. The van der Waals surface area contributed by atoms with Gasteiger partial charge in [-0.1, -0.05) is 60.3 Å². The van der Waals surface area contributed by atoms with E-state index in [1.165, 1.54) is 18.9 Å². The van der Waals surface area contributed by atoms with Gasteiger partial charge in [0.2, 0.25) is 5.91 Å². The molecule has 2 amide bonds. The van der Waals surface area contributed by atoms with E-state index in [2.05, 4.69) is 10.6 Å². The largest absolute Gasteiger partial charge is 0.381 e. The number of likely N-dealkylation sites (tertiary alicyclic amines) is 1. The number of amides is 2. The van der Waals surface area contributed by atoms with Crippen LogP contribution in [0.1, 0.15) is 71.6 Å². The number of anilines is 2. The second kappa shape index (κ2) is 12.2. The van der Waals surface area contributed by atoms with Crippen LogP contribution in [-0.4, -0.2) is 29.3 Å². The van der Waals surface area contributed by atoms with Gasteiger partial charge in [-0.25, -0.2) is 4.39 Å². The van der Waals surface area contributed by atoms with Gasteiger partial charge >= 0.3 is 0 Å². The second-order valence-electron chi connectivity index (χ2n) is 10.9. The van der Waals surface area contributed by atoms with Gasteiger partial charge in [0, 0.05) is 23.3 Å². The van der Waals surface area contributed by atoms with Crippen LogP contribution in [0.15, 0.2) is 54.6 Å². The lowest BCUT2D eigenvalue weighted by Crippen LogP contribution is -2.46. The number of carbonyl (C=O) groups is 2. The van der Waals surface area contributed by atoms with E-state index in [0.29, 0.717) is 46.7 Å². The Morgan fingerprint density at radius 1 is 0.900 bits per heavy atom. The van der Waals surface area contributed by atoms with Gasteiger partial charge in [0.15, 0.2) is 0 Å². The molecule has 5 rings (SSSR count). The van der Waals surface area contributed by atoms with Crippen molar-refractivity contribution in [2.24, 2.45) is 5.92 Å². The summed E-state index contributed by atoms with van der Waals surface area (Å²) < 4.78 is 14.9. The Morgan fingerprint density at radius 2 is 1.68 bits per heavy atom. The molecule has 0 spiro atoms. The summed E-state index contributed by atoms with van der Waals surface area (Å²) in [6.07, 6.45) is 5.79. The van der Waals surface area contributed by atoms with Gasteiger partial charge < -0.3 is 15.5 Å². The van der Waals surface area contributed by atoms with Crippen molar-refractivity contribution in [1.29, 1.82) is 0 Å². The zero-order chi connectivity index (χ0) is 28.4. The smallest absolute Gasteiger partial charge is 0.257 e. The number of halogens is 3. The van der Waals surface area contributed by atoms with Crippen LogP contribution >= 0.6 is 23.2 Å². The van der Waals surface area contributed by atoms with E-state index in [0.717, 1.165) is 29.7 Å². The number of nitrogens with zero attached hydrogens (tertiary/aromatic N) is 1. The van der Waals surface area contributed by atoms with Gasteiger partial charge in [-0.15, -0.1) is 0 Å². The first-order valence-electron chi connectivity index (χ1n) is 13.9. The Labute approximate surface area is 245 Å². The SMILES string of the molecule is Cc1ccc(NC(=O)[C@H]2CCCN(C(=O)c3c(C)cccc3F)[C@H]2c2ccc(NC3CCCC3)c(Cl)c2)cc1Cl. The molecule has 3 aromatic carbocycles. The molecular weight excluding hydrogens is 548 g/mol. The predicted octanol–water partition coefficient (Wildman–Crippen LogP) is 8.34. The molecule has 1 saturated heterocycles. The molecule has 1 aliphatic carbocycles. The maximum absolute atomic E-state index is 14.9. The molecule has 0 radical (unpaired) electrons.